The minimum atomic E-state index is -0.516. The van der Waals surface area contributed by atoms with E-state index in [1.807, 2.05) is 0 Å². The maximum absolute atomic E-state index is 12.5. The quantitative estimate of drug-likeness (QED) is 0.723. The average molecular weight is 421 g/mol. The first-order valence-electron chi connectivity index (χ1n) is 8.28. The molecule has 1 aliphatic heterocycles. The van der Waals surface area contributed by atoms with E-state index in [4.69, 9.17) is 16.3 Å². The summed E-state index contributed by atoms with van der Waals surface area (Å²) in [6.07, 6.45) is 0. The molecule has 1 atom stereocenters. The molecule has 2 amide bonds. The van der Waals surface area contributed by atoms with Gasteiger partial charge < -0.3 is 9.47 Å². The molecule has 2 aromatic carbocycles. The predicted molar refractivity (Wildman–Crippen MR) is 105 cm³/mol. The molecule has 1 fully saturated rings. The topological polar surface area (TPSA) is 84.9 Å². The lowest BCUT2D eigenvalue weighted by molar-refractivity contribution is -0.143. The molecule has 1 N–H and O–H groups in total. The minimum Gasteiger partial charge on any atom is -0.482 e. The van der Waals surface area contributed by atoms with Crippen molar-refractivity contribution in [2.24, 2.45) is 0 Å². The molecule has 0 radical (unpaired) electrons. The summed E-state index contributed by atoms with van der Waals surface area (Å²) in [6.45, 7) is -0.254. The first kappa shape index (κ1) is 20.0. The highest BCUT2D eigenvalue weighted by Gasteiger charge is 2.36. The Morgan fingerprint density at radius 2 is 1.93 bits per heavy atom. The molecular formula is C19H17ClN2O5S. The summed E-state index contributed by atoms with van der Waals surface area (Å²) in [4.78, 5) is 36.3. The maximum atomic E-state index is 12.5. The van der Waals surface area contributed by atoms with Crippen molar-refractivity contribution < 1.29 is 23.9 Å². The second-order valence-electron chi connectivity index (χ2n) is 5.78. The van der Waals surface area contributed by atoms with Crippen molar-refractivity contribution >= 4 is 41.1 Å². The number of hydrogen-bond acceptors (Lipinski definition) is 6. The predicted octanol–water partition coefficient (Wildman–Crippen LogP) is 2.81. The van der Waals surface area contributed by atoms with Crippen molar-refractivity contribution in [2.75, 3.05) is 19.5 Å². The SMILES string of the molecule is COC(=O)COc1ccccc1C1SCC(=O)N1NC(=O)c1ccc(Cl)cc1. The summed E-state index contributed by atoms with van der Waals surface area (Å²) in [5, 5.41) is 1.30. The number of carbonyl (C=O) groups excluding carboxylic acids is 3. The van der Waals surface area contributed by atoms with Gasteiger partial charge in [0, 0.05) is 16.1 Å². The van der Waals surface area contributed by atoms with Crippen molar-refractivity contribution in [3.63, 3.8) is 0 Å². The van der Waals surface area contributed by atoms with Gasteiger partial charge in [-0.3, -0.25) is 15.0 Å². The Bertz CT molecular complexity index is 890. The molecule has 0 saturated carbocycles. The molecule has 1 aliphatic rings. The van der Waals surface area contributed by atoms with Gasteiger partial charge in [-0.2, -0.15) is 0 Å². The third-order valence-corrected chi connectivity index (χ3v) is 5.40. The third kappa shape index (κ3) is 4.58. The zero-order valence-electron chi connectivity index (χ0n) is 14.9. The number of nitrogens with one attached hydrogen (secondary N) is 1. The zero-order chi connectivity index (χ0) is 20.1. The van der Waals surface area contributed by atoms with E-state index in [2.05, 4.69) is 10.2 Å². The maximum Gasteiger partial charge on any atom is 0.343 e. The molecule has 0 bridgehead atoms. The fourth-order valence-electron chi connectivity index (χ4n) is 2.56. The fraction of sp³-hybridized carbons (Fsp3) is 0.211. The Hall–Kier alpha value is -2.71. The van der Waals surface area contributed by atoms with Gasteiger partial charge in [0.15, 0.2) is 6.61 Å². The number of amides is 2. The molecule has 7 nitrogen and oxygen atoms in total. The van der Waals surface area contributed by atoms with Crippen molar-refractivity contribution in [1.29, 1.82) is 0 Å². The standard InChI is InChI=1S/C19H17ClN2O5S/c1-26-17(24)10-27-15-5-3-2-4-14(15)19-22(16(23)11-28-19)21-18(25)12-6-8-13(20)9-7-12/h2-9,19H,10-11H2,1H3,(H,21,25). The van der Waals surface area contributed by atoms with Gasteiger partial charge in [0.2, 0.25) is 0 Å². The van der Waals surface area contributed by atoms with Crippen LogP contribution in [-0.4, -0.2) is 42.3 Å². The van der Waals surface area contributed by atoms with E-state index >= 15 is 0 Å². The van der Waals surface area contributed by atoms with Crippen LogP contribution in [0.15, 0.2) is 48.5 Å². The lowest BCUT2D eigenvalue weighted by Crippen LogP contribution is -2.44. The highest BCUT2D eigenvalue weighted by atomic mass is 35.5. The molecule has 1 heterocycles. The molecule has 1 unspecified atom stereocenters. The summed E-state index contributed by atoms with van der Waals surface area (Å²) in [5.74, 6) is -0.536. The Balaban J connectivity index is 1.79. The molecule has 0 aromatic heterocycles. The van der Waals surface area contributed by atoms with Gasteiger partial charge in [0.1, 0.15) is 11.1 Å². The van der Waals surface area contributed by atoms with Gasteiger partial charge >= 0.3 is 5.97 Å². The van der Waals surface area contributed by atoms with Crippen LogP contribution in [0.1, 0.15) is 21.3 Å². The number of nitrogens with zero attached hydrogens (tertiary/aromatic N) is 1. The smallest absolute Gasteiger partial charge is 0.343 e. The number of hydrazine groups is 1. The highest BCUT2D eigenvalue weighted by Crippen LogP contribution is 2.41. The molecule has 1 saturated heterocycles. The number of thioether (sulfide) groups is 1. The van der Waals surface area contributed by atoms with Crippen LogP contribution >= 0.6 is 23.4 Å². The first-order chi connectivity index (χ1) is 13.5. The van der Waals surface area contributed by atoms with E-state index in [0.29, 0.717) is 21.9 Å². The number of rotatable bonds is 6. The monoisotopic (exact) mass is 420 g/mol. The third-order valence-electron chi connectivity index (χ3n) is 3.95. The average Bonchev–Trinajstić information content (AvgIpc) is 3.07. The molecule has 0 aliphatic carbocycles. The Morgan fingerprint density at radius 1 is 1.21 bits per heavy atom. The number of benzene rings is 2. The van der Waals surface area contributed by atoms with Crippen molar-refractivity contribution in [3.05, 3.63) is 64.7 Å². The molecule has 2 aromatic rings. The van der Waals surface area contributed by atoms with Gasteiger partial charge in [-0.05, 0) is 30.3 Å². The van der Waals surface area contributed by atoms with E-state index in [9.17, 15) is 14.4 Å². The molecule has 146 valence electrons. The van der Waals surface area contributed by atoms with Gasteiger partial charge in [0.05, 0.1) is 12.9 Å². The second kappa shape index (κ2) is 8.99. The highest BCUT2D eigenvalue weighted by molar-refractivity contribution is 8.00. The van der Waals surface area contributed by atoms with E-state index in [1.54, 1.807) is 48.5 Å². The van der Waals surface area contributed by atoms with E-state index in [1.165, 1.54) is 23.9 Å². The van der Waals surface area contributed by atoms with Crippen LogP contribution in [0.25, 0.3) is 0 Å². The minimum absolute atomic E-state index is 0.205. The summed E-state index contributed by atoms with van der Waals surface area (Å²) < 4.78 is 10.1. The normalized spacial score (nSPS) is 16.0. The van der Waals surface area contributed by atoms with Crippen LogP contribution in [0.3, 0.4) is 0 Å². The molecule has 3 rings (SSSR count). The molecule has 28 heavy (non-hydrogen) atoms. The second-order valence-corrected chi connectivity index (χ2v) is 7.28. The number of ether oxygens (including phenoxy) is 2. The number of methoxy groups -OCH3 is 1. The summed E-state index contributed by atoms with van der Waals surface area (Å²) >= 11 is 7.20. The molecule has 0 spiro atoms. The van der Waals surface area contributed by atoms with E-state index in [-0.39, 0.29) is 18.3 Å². The number of carbonyl (C=O) groups is 3. The zero-order valence-corrected chi connectivity index (χ0v) is 16.5. The summed E-state index contributed by atoms with van der Waals surface area (Å²) in [6, 6.07) is 13.4. The summed E-state index contributed by atoms with van der Waals surface area (Å²) in [7, 11) is 1.27. The van der Waals surface area contributed by atoms with Gasteiger partial charge in [-0.25, -0.2) is 9.80 Å². The van der Waals surface area contributed by atoms with Crippen LogP contribution in [0, 0.1) is 0 Å². The van der Waals surface area contributed by atoms with Gasteiger partial charge in [-0.1, -0.05) is 29.8 Å². The Labute approximate surface area is 170 Å². The Kier molecular flexibility index (Phi) is 6.43. The number of esters is 1. The van der Waals surface area contributed by atoms with Crippen LogP contribution < -0.4 is 10.2 Å². The number of hydrogen-bond donors (Lipinski definition) is 1. The summed E-state index contributed by atoms with van der Waals surface area (Å²) in [5.41, 5.74) is 3.69. The van der Waals surface area contributed by atoms with Crippen LogP contribution in [-0.2, 0) is 14.3 Å². The van der Waals surface area contributed by atoms with Crippen molar-refractivity contribution in [3.8, 4) is 5.75 Å². The van der Waals surface area contributed by atoms with Crippen LogP contribution in [0.5, 0.6) is 5.75 Å². The van der Waals surface area contributed by atoms with Crippen molar-refractivity contribution in [1.82, 2.24) is 10.4 Å². The molecular weight excluding hydrogens is 404 g/mol. The fourth-order valence-corrected chi connectivity index (χ4v) is 3.82. The molecule has 9 heteroatoms. The van der Waals surface area contributed by atoms with Crippen molar-refractivity contribution in [2.45, 2.75) is 5.37 Å². The van der Waals surface area contributed by atoms with Gasteiger partial charge in [0.25, 0.3) is 11.8 Å². The number of para-hydroxylation sites is 1. The van der Waals surface area contributed by atoms with Crippen LogP contribution in [0.4, 0.5) is 0 Å². The van der Waals surface area contributed by atoms with Gasteiger partial charge in [-0.15, -0.1) is 11.8 Å². The largest absolute Gasteiger partial charge is 0.482 e. The Morgan fingerprint density at radius 3 is 2.64 bits per heavy atom. The van der Waals surface area contributed by atoms with Crippen LogP contribution in [0.2, 0.25) is 5.02 Å². The lowest BCUT2D eigenvalue weighted by Gasteiger charge is -2.26. The lowest BCUT2D eigenvalue weighted by atomic mass is 10.2. The first-order valence-corrected chi connectivity index (χ1v) is 9.71. The number of halogens is 1. The van der Waals surface area contributed by atoms with E-state index in [0.717, 1.165) is 0 Å². The van der Waals surface area contributed by atoms with E-state index < -0.39 is 17.3 Å².